The van der Waals surface area contributed by atoms with Crippen LogP contribution in [0.25, 0.3) is 0 Å². The fourth-order valence-electron chi connectivity index (χ4n) is 5.75. The Labute approximate surface area is 269 Å². The van der Waals surface area contributed by atoms with Crippen LogP contribution >= 0.6 is 23.1 Å². The average molecular weight is 669 g/mol. The Kier molecular flexibility index (Phi) is 8.19. The van der Waals surface area contributed by atoms with Gasteiger partial charge in [-0.25, -0.2) is 4.90 Å². The largest absolute Gasteiger partial charge is 0.497 e. The molecule has 3 aromatic carbocycles. The van der Waals surface area contributed by atoms with Crippen LogP contribution in [0.3, 0.4) is 0 Å². The molecule has 6 rings (SSSR count). The number of benzene rings is 3. The molecule has 1 fully saturated rings. The third kappa shape index (κ3) is 5.55. The number of imide groups is 1. The van der Waals surface area contributed by atoms with Crippen LogP contribution in [0.5, 0.6) is 5.75 Å². The number of hydrogen-bond donors (Lipinski definition) is 1. The molecule has 2 aliphatic heterocycles. The molecular formula is C32H27F3N4O5S2. The lowest BCUT2D eigenvalue weighted by atomic mass is 9.83. The second-order valence-corrected chi connectivity index (χ2v) is 13.1. The van der Waals surface area contributed by atoms with Gasteiger partial charge < -0.3 is 15.0 Å². The lowest BCUT2D eigenvalue weighted by Gasteiger charge is -2.31. The van der Waals surface area contributed by atoms with Crippen molar-refractivity contribution >= 4 is 57.9 Å². The highest BCUT2D eigenvalue weighted by Gasteiger charge is 2.56. The van der Waals surface area contributed by atoms with E-state index >= 15 is 0 Å². The number of aromatic nitrogens is 1. The number of rotatable bonds is 7. The second-order valence-electron chi connectivity index (χ2n) is 11.0. The monoisotopic (exact) mass is 668 g/mol. The van der Waals surface area contributed by atoms with Crippen LogP contribution in [-0.2, 0) is 27.1 Å². The number of halogens is 3. The highest BCUT2D eigenvalue weighted by atomic mass is 32.2. The van der Waals surface area contributed by atoms with E-state index in [1.54, 1.807) is 24.3 Å². The number of methoxy groups -OCH3 is 1. The molecule has 0 bridgehead atoms. The number of nitrogens with one attached hydrogen (secondary N) is 1. The van der Waals surface area contributed by atoms with Crippen molar-refractivity contribution < 1.29 is 32.3 Å². The summed E-state index contributed by atoms with van der Waals surface area (Å²) in [5.41, 5.74) is 0.527. The number of anilines is 3. The zero-order valence-electron chi connectivity index (χ0n) is 24.7. The van der Waals surface area contributed by atoms with Crippen molar-refractivity contribution in [2.45, 2.75) is 28.9 Å². The summed E-state index contributed by atoms with van der Waals surface area (Å²) in [6, 6.07) is 18.5. The molecule has 46 heavy (non-hydrogen) atoms. The highest BCUT2D eigenvalue weighted by Crippen LogP contribution is 2.54. The van der Waals surface area contributed by atoms with Crippen molar-refractivity contribution in [3.8, 4) is 5.75 Å². The molecule has 3 atom stereocenters. The van der Waals surface area contributed by atoms with Gasteiger partial charge in [-0.2, -0.15) is 13.2 Å². The van der Waals surface area contributed by atoms with E-state index in [-0.39, 0.29) is 0 Å². The summed E-state index contributed by atoms with van der Waals surface area (Å²) in [6.45, 7) is -0.585. The molecule has 1 saturated heterocycles. The fraction of sp³-hybridized carbons (Fsp3) is 0.250. The van der Waals surface area contributed by atoms with Gasteiger partial charge in [0, 0.05) is 30.6 Å². The molecule has 0 aliphatic carbocycles. The van der Waals surface area contributed by atoms with Gasteiger partial charge in [0.15, 0.2) is 0 Å². The van der Waals surface area contributed by atoms with Crippen molar-refractivity contribution in [3.63, 3.8) is 0 Å². The number of nitrogens with zero attached hydrogens (tertiary/aromatic N) is 3. The normalized spacial score (nSPS) is 19.1. The Morgan fingerprint density at radius 2 is 1.63 bits per heavy atom. The summed E-state index contributed by atoms with van der Waals surface area (Å²) in [5.74, 6) is -2.73. The van der Waals surface area contributed by atoms with E-state index in [1.807, 2.05) is 43.3 Å². The number of para-hydroxylation sites is 1. The molecule has 2 aliphatic rings. The lowest BCUT2D eigenvalue weighted by Crippen LogP contribution is -2.33. The number of thiazole rings is 1. The summed E-state index contributed by atoms with van der Waals surface area (Å²) in [6.07, 6.45) is -4.70. The zero-order chi connectivity index (χ0) is 32.9. The van der Waals surface area contributed by atoms with E-state index in [2.05, 4.69) is 5.32 Å². The van der Waals surface area contributed by atoms with Crippen molar-refractivity contribution in [2.24, 2.45) is 5.92 Å². The van der Waals surface area contributed by atoms with E-state index in [1.165, 1.54) is 23.8 Å². The van der Waals surface area contributed by atoms with Crippen LogP contribution < -0.4 is 24.7 Å². The smallest absolute Gasteiger partial charge is 0.418 e. The maximum atomic E-state index is 14.1. The summed E-state index contributed by atoms with van der Waals surface area (Å²) >= 11 is 1.88. The minimum Gasteiger partial charge on any atom is -0.497 e. The topological polar surface area (TPSA) is 101 Å². The van der Waals surface area contributed by atoms with Crippen LogP contribution in [0.15, 0.2) is 82.6 Å². The van der Waals surface area contributed by atoms with Gasteiger partial charge in [-0.15, -0.1) is 0 Å². The van der Waals surface area contributed by atoms with Gasteiger partial charge in [-0.05, 0) is 54.1 Å². The number of hydrogen-bond acceptors (Lipinski definition) is 8. The first-order valence-corrected chi connectivity index (χ1v) is 15.7. The molecule has 0 spiro atoms. The molecule has 3 heterocycles. The van der Waals surface area contributed by atoms with E-state index < -0.39 is 63.7 Å². The number of fused-ring (bicyclic) bond motifs is 2. The maximum absolute atomic E-state index is 14.1. The van der Waals surface area contributed by atoms with Crippen LogP contribution in [0, 0.1) is 5.92 Å². The standard InChI is InChI=1S/C32H27F3N4O5S2/c1-37(2)18-10-8-17(9-11-18)24-25-26(29(42)39(28(25)41)19-12-14-20(44-3)15-13-19)45-30-27(24)46-31(43)38(30)16-23(40)36-22-7-5-4-6-21(22)32(33,34)35/h4-15,24-26H,16H2,1-3H3,(H,36,40)/t24-,25-,26+/m0/s1. The highest BCUT2D eigenvalue weighted by molar-refractivity contribution is 8.00. The average Bonchev–Trinajstić information content (AvgIpc) is 3.47. The van der Waals surface area contributed by atoms with E-state index in [0.717, 1.165) is 45.8 Å². The first-order chi connectivity index (χ1) is 21.9. The van der Waals surface area contributed by atoms with Crippen molar-refractivity contribution in [2.75, 3.05) is 36.3 Å². The van der Waals surface area contributed by atoms with Gasteiger partial charge in [0.2, 0.25) is 17.7 Å². The molecule has 14 heteroatoms. The number of alkyl halides is 3. The third-order valence-electron chi connectivity index (χ3n) is 7.96. The first-order valence-electron chi connectivity index (χ1n) is 14.0. The SMILES string of the molecule is COc1ccc(N2C(=O)[C@H]3[C@H](c4ccc(N(C)C)cc4)c4sc(=O)n(CC(=O)Nc5ccccc5C(F)(F)F)c4S[C@H]3C2=O)cc1. The van der Waals surface area contributed by atoms with Gasteiger partial charge in [0.1, 0.15) is 17.5 Å². The summed E-state index contributed by atoms with van der Waals surface area (Å²) in [5, 5.41) is 1.69. The minimum absolute atomic E-state index is 0.329. The molecule has 0 saturated carbocycles. The Morgan fingerprint density at radius 3 is 2.26 bits per heavy atom. The third-order valence-corrected chi connectivity index (χ3v) is 10.6. The predicted octanol–water partition coefficient (Wildman–Crippen LogP) is 5.44. The Balaban J connectivity index is 1.40. The van der Waals surface area contributed by atoms with Gasteiger partial charge in [0.25, 0.3) is 0 Å². The van der Waals surface area contributed by atoms with Gasteiger partial charge in [-0.3, -0.25) is 23.7 Å². The van der Waals surface area contributed by atoms with Crippen molar-refractivity contribution in [1.82, 2.24) is 4.57 Å². The van der Waals surface area contributed by atoms with Crippen LogP contribution in [0.4, 0.5) is 30.2 Å². The van der Waals surface area contributed by atoms with Crippen molar-refractivity contribution in [3.05, 3.63) is 98.5 Å². The molecule has 0 radical (unpaired) electrons. The summed E-state index contributed by atoms with van der Waals surface area (Å²) < 4.78 is 47.0. The molecule has 9 nitrogen and oxygen atoms in total. The lowest BCUT2D eigenvalue weighted by molar-refractivity contribution is -0.137. The molecule has 3 amide bonds. The Bertz CT molecular complexity index is 1890. The molecule has 4 aromatic rings. The van der Waals surface area contributed by atoms with Crippen LogP contribution in [-0.4, -0.2) is 48.7 Å². The zero-order valence-corrected chi connectivity index (χ0v) is 26.3. The van der Waals surface area contributed by atoms with Gasteiger partial charge >= 0.3 is 11.0 Å². The van der Waals surface area contributed by atoms with Crippen LogP contribution in [0.1, 0.15) is 21.9 Å². The Hall–Kier alpha value is -4.56. The molecule has 1 N–H and O–H groups in total. The molecule has 0 unspecified atom stereocenters. The number of carbonyl (C=O) groups excluding carboxylic acids is 3. The van der Waals surface area contributed by atoms with Gasteiger partial charge in [0.05, 0.1) is 35.0 Å². The minimum atomic E-state index is -4.70. The predicted molar refractivity (Wildman–Crippen MR) is 170 cm³/mol. The van der Waals surface area contributed by atoms with Gasteiger partial charge in [-0.1, -0.05) is 47.4 Å². The summed E-state index contributed by atoms with van der Waals surface area (Å²) in [4.78, 5) is 57.5. The number of ether oxygens (including phenoxy) is 1. The van der Waals surface area contributed by atoms with E-state index in [9.17, 15) is 32.3 Å². The van der Waals surface area contributed by atoms with E-state index in [4.69, 9.17) is 4.74 Å². The second kappa shape index (κ2) is 12.0. The molecule has 1 aromatic heterocycles. The van der Waals surface area contributed by atoms with Crippen molar-refractivity contribution in [1.29, 1.82) is 0 Å². The number of thioether (sulfide) groups is 1. The van der Waals surface area contributed by atoms with Crippen LogP contribution in [0.2, 0.25) is 0 Å². The summed E-state index contributed by atoms with van der Waals surface area (Å²) in [7, 11) is 5.28. The Morgan fingerprint density at radius 1 is 0.957 bits per heavy atom. The molecular weight excluding hydrogens is 642 g/mol. The van der Waals surface area contributed by atoms with E-state index in [0.29, 0.717) is 26.9 Å². The molecule has 238 valence electrons. The number of amides is 3. The fourth-order valence-corrected chi connectivity index (χ4v) is 8.53. The first kappa shape index (κ1) is 31.4. The maximum Gasteiger partial charge on any atom is 0.418 e. The number of carbonyl (C=O) groups is 3. The quantitative estimate of drug-likeness (QED) is 0.262.